The molecular formula is C18H22FNO2. The highest BCUT2D eigenvalue weighted by Crippen LogP contribution is 2.21. The summed E-state index contributed by atoms with van der Waals surface area (Å²) in [4.78, 5) is 2.06. The third-order valence-corrected chi connectivity index (χ3v) is 3.59. The minimum atomic E-state index is -0.756. The maximum absolute atomic E-state index is 13.3. The van der Waals surface area contributed by atoms with E-state index in [1.165, 1.54) is 12.1 Å². The van der Waals surface area contributed by atoms with Gasteiger partial charge < -0.3 is 10.2 Å². The van der Waals surface area contributed by atoms with Crippen LogP contribution in [0.2, 0.25) is 0 Å². The number of hydrogen-bond donors (Lipinski definition) is 2. The number of phenolic OH excluding ortho intramolecular Hbond substituents is 1. The molecule has 1 unspecified atom stereocenters. The largest absolute Gasteiger partial charge is 0.508 e. The van der Waals surface area contributed by atoms with Crippen molar-refractivity contribution in [1.82, 2.24) is 4.90 Å². The van der Waals surface area contributed by atoms with E-state index in [1.807, 2.05) is 12.1 Å². The molecule has 1 atom stereocenters. The molecule has 0 bridgehead atoms. The van der Waals surface area contributed by atoms with Crippen LogP contribution in [0.5, 0.6) is 5.75 Å². The summed E-state index contributed by atoms with van der Waals surface area (Å²) in [6, 6.07) is 13.2. The molecule has 0 amide bonds. The highest BCUT2D eigenvalue weighted by atomic mass is 19.1. The number of aromatic hydroxyl groups is 1. The van der Waals surface area contributed by atoms with Crippen LogP contribution in [0.4, 0.5) is 4.39 Å². The lowest BCUT2D eigenvalue weighted by atomic mass is 10.1. The quantitative estimate of drug-likeness (QED) is 0.823. The van der Waals surface area contributed by atoms with Gasteiger partial charge in [-0.2, -0.15) is 0 Å². The summed E-state index contributed by atoms with van der Waals surface area (Å²) in [7, 11) is 0. The molecule has 2 aromatic carbocycles. The first-order valence-electron chi connectivity index (χ1n) is 7.53. The number of aliphatic hydroxyl groups is 1. The van der Waals surface area contributed by atoms with Gasteiger partial charge in [0.2, 0.25) is 0 Å². The van der Waals surface area contributed by atoms with E-state index in [4.69, 9.17) is 0 Å². The van der Waals surface area contributed by atoms with Crippen LogP contribution in [-0.2, 0) is 6.54 Å². The van der Waals surface area contributed by atoms with Gasteiger partial charge in [-0.3, -0.25) is 4.90 Å². The van der Waals surface area contributed by atoms with Gasteiger partial charge in [0.25, 0.3) is 0 Å². The average Bonchev–Trinajstić information content (AvgIpc) is 2.50. The maximum Gasteiger partial charge on any atom is 0.123 e. The fraction of sp³-hybridized carbons (Fsp3) is 0.333. The predicted octanol–water partition coefficient (Wildman–Crippen LogP) is 3.48. The van der Waals surface area contributed by atoms with Gasteiger partial charge in [-0.15, -0.1) is 0 Å². The molecule has 0 spiro atoms. The molecule has 0 radical (unpaired) electrons. The van der Waals surface area contributed by atoms with E-state index in [9.17, 15) is 14.6 Å². The van der Waals surface area contributed by atoms with Gasteiger partial charge in [0.05, 0.1) is 6.10 Å². The highest BCUT2D eigenvalue weighted by molar-refractivity contribution is 5.31. The van der Waals surface area contributed by atoms with Crippen molar-refractivity contribution in [2.75, 3.05) is 13.1 Å². The Bertz CT molecular complexity index is 603. The number of para-hydroxylation sites is 1. The fourth-order valence-corrected chi connectivity index (χ4v) is 2.50. The monoisotopic (exact) mass is 303 g/mol. The zero-order chi connectivity index (χ0) is 15.9. The number of rotatable bonds is 7. The topological polar surface area (TPSA) is 43.7 Å². The van der Waals surface area contributed by atoms with Crippen LogP contribution in [0.25, 0.3) is 0 Å². The SMILES string of the molecule is CCCN(Cc1ccccc1O)CC(O)c1cccc(F)c1. The van der Waals surface area contributed by atoms with Gasteiger partial charge >= 0.3 is 0 Å². The summed E-state index contributed by atoms with van der Waals surface area (Å²) in [5.41, 5.74) is 1.39. The Morgan fingerprint density at radius 2 is 1.91 bits per heavy atom. The number of hydrogen-bond acceptors (Lipinski definition) is 3. The van der Waals surface area contributed by atoms with Crippen molar-refractivity contribution in [2.45, 2.75) is 26.0 Å². The molecule has 0 aliphatic rings. The van der Waals surface area contributed by atoms with Crippen LogP contribution in [0, 0.1) is 5.82 Å². The number of phenols is 1. The van der Waals surface area contributed by atoms with Crippen LogP contribution in [-0.4, -0.2) is 28.2 Å². The second kappa shape index (κ2) is 7.92. The third-order valence-electron chi connectivity index (χ3n) is 3.59. The van der Waals surface area contributed by atoms with Crippen molar-refractivity contribution in [1.29, 1.82) is 0 Å². The molecule has 2 aromatic rings. The van der Waals surface area contributed by atoms with Crippen molar-refractivity contribution < 1.29 is 14.6 Å². The van der Waals surface area contributed by atoms with Crippen LogP contribution >= 0.6 is 0 Å². The summed E-state index contributed by atoms with van der Waals surface area (Å²) < 4.78 is 13.3. The second-order valence-corrected chi connectivity index (χ2v) is 5.43. The zero-order valence-corrected chi connectivity index (χ0v) is 12.7. The average molecular weight is 303 g/mol. The molecule has 0 fully saturated rings. The summed E-state index contributed by atoms with van der Waals surface area (Å²) in [5, 5.41) is 20.2. The standard InChI is InChI=1S/C18H22FNO2/c1-2-10-20(12-15-6-3-4-9-17(15)21)13-18(22)14-7-5-8-16(19)11-14/h3-9,11,18,21-22H,2,10,12-13H2,1H3. The molecule has 22 heavy (non-hydrogen) atoms. The molecular weight excluding hydrogens is 281 g/mol. The van der Waals surface area contributed by atoms with Crippen molar-refractivity contribution in [3.05, 3.63) is 65.5 Å². The minimum absolute atomic E-state index is 0.254. The molecule has 0 saturated heterocycles. The molecule has 2 N–H and O–H groups in total. The van der Waals surface area contributed by atoms with Crippen molar-refractivity contribution in [3.8, 4) is 5.75 Å². The smallest absolute Gasteiger partial charge is 0.123 e. The van der Waals surface area contributed by atoms with E-state index in [1.54, 1.807) is 24.3 Å². The fourth-order valence-electron chi connectivity index (χ4n) is 2.50. The van der Waals surface area contributed by atoms with Gasteiger partial charge in [-0.25, -0.2) is 4.39 Å². The second-order valence-electron chi connectivity index (χ2n) is 5.43. The molecule has 0 aliphatic heterocycles. The lowest BCUT2D eigenvalue weighted by Crippen LogP contribution is -2.29. The van der Waals surface area contributed by atoms with Crippen molar-refractivity contribution in [2.24, 2.45) is 0 Å². The Labute approximate surface area is 130 Å². The molecule has 0 aliphatic carbocycles. The number of aliphatic hydroxyl groups excluding tert-OH is 1. The number of nitrogens with zero attached hydrogens (tertiary/aromatic N) is 1. The summed E-state index contributed by atoms with van der Waals surface area (Å²) in [6.07, 6.45) is 0.178. The molecule has 0 aromatic heterocycles. The Morgan fingerprint density at radius 3 is 2.59 bits per heavy atom. The zero-order valence-electron chi connectivity index (χ0n) is 12.7. The normalized spacial score (nSPS) is 12.5. The van der Waals surface area contributed by atoms with E-state index in [0.717, 1.165) is 18.5 Å². The molecule has 0 saturated carbocycles. The van der Waals surface area contributed by atoms with Crippen LogP contribution in [0.15, 0.2) is 48.5 Å². The van der Waals surface area contributed by atoms with Gasteiger partial charge in [-0.05, 0) is 36.7 Å². The Kier molecular flexibility index (Phi) is 5.92. The Morgan fingerprint density at radius 1 is 1.14 bits per heavy atom. The minimum Gasteiger partial charge on any atom is -0.508 e. The van der Waals surface area contributed by atoms with Gasteiger partial charge in [0.15, 0.2) is 0 Å². The first kappa shape index (κ1) is 16.5. The molecule has 4 heteroatoms. The number of halogens is 1. The van der Waals surface area contributed by atoms with E-state index in [-0.39, 0.29) is 11.6 Å². The molecule has 2 rings (SSSR count). The lowest BCUT2D eigenvalue weighted by Gasteiger charge is -2.25. The first-order chi connectivity index (χ1) is 10.6. The summed E-state index contributed by atoms with van der Waals surface area (Å²) >= 11 is 0. The summed E-state index contributed by atoms with van der Waals surface area (Å²) in [6.45, 7) is 3.80. The van der Waals surface area contributed by atoms with Crippen molar-refractivity contribution in [3.63, 3.8) is 0 Å². The van der Waals surface area contributed by atoms with Gasteiger partial charge in [0, 0.05) is 18.7 Å². The first-order valence-corrected chi connectivity index (χ1v) is 7.53. The summed E-state index contributed by atoms with van der Waals surface area (Å²) in [5.74, 6) is -0.0943. The van der Waals surface area contributed by atoms with E-state index >= 15 is 0 Å². The van der Waals surface area contributed by atoms with E-state index in [0.29, 0.717) is 18.7 Å². The molecule has 3 nitrogen and oxygen atoms in total. The Balaban J connectivity index is 2.06. The van der Waals surface area contributed by atoms with Crippen LogP contribution < -0.4 is 0 Å². The molecule has 0 heterocycles. The van der Waals surface area contributed by atoms with Crippen molar-refractivity contribution >= 4 is 0 Å². The van der Waals surface area contributed by atoms with Gasteiger partial charge in [-0.1, -0.05) is 37.3 Å². The number of benzene rings is 2. The van der Waals surface area contributed by atoms with Crippen LogP contribution in [0.3, 0.4) is 0 Å². The van der Waals surface area contributed by atoms with Gasteiger partial charge in [0.1, 0.15) is 11.6 Å². The lowest BCUT2D eigenvalue weighted by molar-refractivity contribution is 0.108. The van der Waals surface area contributed by atoms with E-state index in [2.05, 4.69) is 11.8 Å². The predicted molar refractivity (Wildman–Crippen MR) is 85.0 cm³/mol. The highest BCUT2D eigenvalue weighted by Gasteiger charge is 2.15. The third kappa shape index (κ3) is 4.55. The van der Waals surface area contributed by atoms with Crippen LogP contribution in [0.1, 0.15) is 30.6 Å². The molecule has 118 valence electrons. The van der Waals surface area contributed by atoms with E-state index < -0.39 is 6.10 Å². The maximum atomic E-state index is 13.3. The Hall–Kier alpha value is -1.91.